The predicted molar refractivity (Wildman–Crippen MR) is 193 cm³/mol. The Morgan fingerprint density at radius 2 is 1.26 bits per heavy atom. The highest BCUT2D eigenvalue weighted by molar-refractivity contribution is 14.1. The van der Waals surface area contributed by atoms with Crippen LogP contribution in [0.4, 0.5) is 5.69 Å². The molecule has 1 unspecified atom stereocenters. The topological polar surface area (TPSA) is 55.1 Å². The van der Waals surface area contributed by atoms with Gasteiger partial charge in [0.25, 0.3) is 5.91 Å². The number of fused-ring (bicyclic) bond motifs is 6. The first kappa shape index (κ1) is 27.2. The van der Waals surface area contributed by atoms with Gasteiger partial charge in [-0.05, 0) is 148 Å². The summed E-state index contributed by atoms with van der Waals surface area (Å²) >= 11 is 4.80. The Kier molecular flexibility index (Phi) is 7.23. The van der Waals surface area contributed by atoms with Gasteiger partial charge < -0.3 is 11.1 Å². The number of benzene rings is 7. The zero-order chi connectivity index (χ0) is 28.8. The van der Waals surface area contributed by atoms with Crippen LogP contribution in [0.15, 0.2) is 121 Å². The molecule has 0 aliphatic carbocycles. The fourth-order valence-corrected chi connectivity index (χ4v) is 7.49. The van der Waals surface area contributed by atoms with Crippen molar-refractivity contribution >= 4 is 99.9 Å². The van der Waals surface area contributed by atoms with Gasteiger partial charge in [0.1, 0.15) is 0 Å². The van der Waals surface area contributed by atoms with Gasteiger partial charge in [0, 0.05) is 18.4 Å². The molecule has 0 saturated carbocycles. The number of anilines is 1. The van der Waals surface area contributed by atoms with Crippen LogP contribution in [0.1, 0.15) is 27.5 Å². The molecule has 0 radical (unpaired) electrons. The van der Waals surface area contributed by atoms with Crippen molar-refractivity contribution in [3.63, 3.8) is 0 Å². The number of hydrogen-bond acceptors (Lipinski definition) is 2. The second kappa shape index (κ2) is 11.2. The number of nitrogens with two attached hydrogens (primary N) is 1. The Bertz CT molecular complexity index is 2160. The second-order valence-corrected chi connectivity index (χ2v) is 13.0. The van der Waals surface area contributed by atoms with Crippen LogP contribution in [0, 0.1) is 7.14 Å². The highest BCUT2D eigenvalue weighted by atomic mass is 127. The van der Waals surface area contributed by atoms with Crippen LogP contribution in [-0.2, 0) is 6.42 Å². The van der Waals surface area contributed by atoms with Crippen LogP contribution in [0.25, 0.3) is 43.1 Å². The summed E-state index contributed by atoms with van der Waals surface area (Å²) in [6.45, 7) is 0. The number of nitrogen functional groups attached to an aromatic ring is 1. The molecule has 0 aromatic heterocycles. The highest BCUT2D eigenvalue weighted by Gasteiger charge is 2.19. The van der Waals surface area contributed by atoms with E-state index < -0.39 is 0 Å². The lowest BCUT2D eigenvalue weighted by Crippen LogP contribution is -2.30. The summed E-state index contributed by atoms with van der Waals surface area (Å²) in [6.07, 6.45) is 0.684. The molecule has 42 heavy (non-hydrogen) atoms. The number of nitrogens with one attached hydrogen (secondary N) is 1. The number of carbonyl (C=O) groups is 1. The monoisotopic (exact) mass is 768 g/mol. The van der Waals surface area contributed by atoms with E-state index in [-0.39, 0.29) is 11.9 Å². The van der Waals surface area contributed by atoms with E-state index in [0.29, 0.717) is 12.0 Å². The van der Waals surface area contributed by atoms with Crippen molar-refractivity contribution in [1.29, 1.82) is 0 Å². The standard InChI is InChI=1S/C37H26I2N2O/c38-34-19-23-10-11-26(18-31(23)28-8-4-5-9-30(28)34)37(42)41-36(16-22-6-2-1-3-7-22)25-13-15-29-32-21-27(40)14-12-24(32)20-35(39)33(29)17-25/h1-15,17-21,36H,16,40H2,(H,41,42). The summed E-state index contributed by atoms with van der Waals surface area (Å²) in [7, 11) is 0. The molecule has 7 aromatic rings. The third-order valence-electron chi connectivity index (χ3n) is 8.01. The van der Waals surface area contributed by atoms with Crippen LogP contribution >= 0.6 is 45.2 Å². The first-order valence-electron chi connectivity index (χ1n) is 13.8. The Labute approximate surface area is 271 Å². The van der Waals surface area contributed by atoms with Crippen LogP contribution in [0.3, 0.4) is 0 Å². The number of amides is 1. The lowest BCUT2D eigenvalue weighted by atomic mass is 9.94. The van der Waals surface area contributed by atoms with Gasteiger partial charge >= 0.3 is 0 Å². The minimum Gasteiger partial charge on any atom is -0.399 e. The Morgan fingerprint density at radius 1 is 0.619 bits per heavy atom. The van der Waals surface area contributed by atoms with Crippen molar-refractivity contribution in [3.05, 3.63) is 145 Å². The Balaban J connectivity index is 1.30. The van der Waals surface area contributed by atoms with Crippen LogP contribution in [0.2, 0.25) is 0 Å². The first-order valence-corrected chi connectivity index (χ1v) is 16.0. The van der Waals surface area contributed by atoms with Gasteiger partial charge in [-0.1, -0.05) is 78.9 Å². The maximum atomic E-state index is 13.9. The molecule has 204 valence electrons. The lowest BCUT2D eigenvalue weighted by Gasteiger charge is -2.21. The van der Waals surface area contributed by atoms with E-state index in [1.165, 1.54) is 23.5 Å². The molecule has 0 spiro atoms. The van der Waals surface area contributed by atoms with Crippen LogP contribution < -0.4 is 11.1 Å². The van der Waals surface area contributed by atoms with E-state index in [1.54, 1.807) is 0 Å². The van der Waals surface area contributed by atoms with Crippen molar-refractivity contribution in [1.82, 2.24) is 5.32 Å². The number of halogens is 2. The molecule has 0 aliphatic rings. The maximum absolute atomic E-state index is 13.9. The molecule has 7 aromatic carbocycles. The van der Waals surface area contributed by atoms with Gasteiger partial charge in [0.15, 0.2) is 0 Å². The molecule has 0 bridgehead atoms. The summed E-state index contributed by atoms with van der Waals surface area (Å²) in [5, 5.41) is 12.6. The predicted octanol–water partition coefficient (Wildman–Crippen LogP) is 9.80. The summed E-state index contributed by atoms with van der Waals surface area (Å²) in [5.41, 5.74) is 9.80. The third-order valence-corrected chi connectivity index (χ3v) is 9.80. The number of hydrogen-bond donors (Lipinski definition) is 2. The fraction of sp³-hybridized carbons (Fsp3) is 0.0541. The van der Waals surface area contributed by atoms with Gasteiger partial charge in [-0.25, -0.2) is 0 Å². The largest absolute Gasteiger partial charge is 0.399 e. The van der Waals surface area contributed by atoms with E-state index in [4.69, 9.17) is 5.73 Å². The zero-order valence-corrected chi connectivity index (χ0v) is 26.9. The summed E-state index contributed by atoms with van der Waals surface area (Å²) in [4.78, 5) is 13.9. The van der Waals surface area contributed by atoms with Crippen molar-refractivity contribution in [2.75, 3.05) is 5.73 Å². The molecule has 0 heterocycles. The fourth-order valence-electron chi connectivity index (χ4n) is 5.90. The van der Waals surface area contributed by atoms with E-state index >= 15 is 0 Å². The smallest absolute Gasteiger partial charge is 0.251 e. The average Bonchev–Trinajstić information content (AvgIpc) is 3.01. The molecule has 7 rings (SSSR count). The molecule has 3 N–H and O–H groups in total. The molecule has 1 amide bonds. The second-order valence-electron chi connectivity index (χ2n) is 10.7. The molecule has 1 atom stereocenters. The molecule has 3 nitrogen and oxygen atoms in total. The van der Waals surface area contributed by atoms with E-state index in [0.717, 1.165) is 43.6 Å². The molecular weight excluding hydrogens is 742 g/mol. The van der Waals surface area contributed by atoms with Gasteiger partial charge in [-0.2, -0.15) is 0 Å². The first-order chi connectivity index (χ1) is 20.4. The molecule has 5 heteroatoms. The zero-order valence-electron chi connectivity index (χ0n) is 22.6. The van der Waals surface area contributed by atoms with Gasteiger partial charge in [0.05, 0.1) is 6.04 Å². The average molecular weight is 768 g/mol. The summed E-state index contributed by atoms with van der Waals surface area (Å²) in [6, 6.07) is 41.5. The van der Waals surface area contributed by atoms with E-state index in [9.17, 15) is 4.79 Å². The molecular formula is C37H26I2N2O. The highest BCUT2D eigenvalue weighted by Crippen LogP contribution is 2.34. The minimum atomic E-state index is -0.208. The van der Waals surface area contributed by atoms with Crippen molar-refractivity contribution in [3.8, 4) is 0 Å². The summed E-state index contributed by atoms with van der Waals surface area (Å²) < 4.78 is 2.37. The normalized spacial score (nSPS) is 12.2. The van der Waals surface area contributed by atoms with Crippen molar-refractivity contribution < 1.29 is 4.79 Å². The Hall–Kier alpha value is -3.69. The van der Waals surface area contributed by atoms with Crippen molar-refractivity contribution in [2.24, 2.45) is 0 Å². The Morgan fingerprint density at radius 3 is 2.05 bits per heavy atom. The number of rotatable bonds is 5. The molecule has 0 saturated heterocycles. The summed E-state index contributed by atoms with van der Waals surface area (Å²) in [5.74, 6) is -0.0819. The van der Waals surface area contributed by atoms with E-state index in [1.807, 2.05) is 42.5 Å². The van der Waals surface area contributed by atoms with Crippen LogP contribution in [-0.4, -0.2) is 5.91 Å². The lowest BCUT2D eigenvalue weighted by molar-refractivity contribution is 0.0936. The SMILES string of the molecule is Nc1ccc2cc(I)c3cc(C(Cc4ccccc4)NC(=O)c4ccc5cc(I)c6ccccc6c5c4)ccc3c2c1. The quantitative estimate of drug-likeness (QED) is 0.104. The van der Waals surface area contributed by atoms with Gasteiger partial charge in [-0.15, -0.1) is 0 Å². The number of carbonyl (C=O) groups excluding carboxylic acids is 1. The van der Waals surface area contributed by atoms with Gasteiger partial charge in [0.2, 0.25) is 0 Å². The van der Waals surface area contributed by atoms with Crippen molar-refractivity contribution in [2.45, 2.75) is 12.5 Å². The van der Waals surface area contributed by atoms with E-state index in [2.05, 4.69) is 129 Å². The molecule has 0 fully saturated rings. The minimum absolute atomic E-state index is 0.0819. The van der Waals surface area contributed by atoms with Crippen LogP contribution in [0.5, 0.6) is 0 Å². The third kappa shape index (κ3) is 5.09. The maximum Gasteiger partial charge on any atom is 0.251 e. The van der Waals surface area contributed by atoms with Gasteiger partial charge in [-0.3, -0.25) is 4.79 Å². The molecule has 0 aliphatic heterocycles.